The van der Waals surface area contributed by atoms with Gasteiger partial charge in [-0.3, -0.25) is 4.79 Å². The average Bonchev–Trinajstić information content (AvgIpc) is 2.46. The lowest BCUT2D eigenvalue weighted by Gasteiger charge is -2.05. The summed E-state index contributed by atoms with van der Waals surface area (Å²) in [5.74, 6) is -0.832. The highest BCUT2D eigenvalue weighted by molar-refractivity contribution is 5.91. The number of benzene rings is 1. The summed E-state index contributed by atoms with van der Waals surface area (Å²) in [6.45, 7) is 2.01. The summed E-state index contributed by atoms with van der Waals surface area (Å²) in [6.07, 6.45) is 2.23. The summed E-state index contributed by atoms with van der Waals surface area (Å²) < 4.78 is 0. The Morgan fingerprint density at radius 1 is 1.24 bits per heavy atom. The van der Waals surface area contributed by atoms with E-state index in [1.807, 2.05) is 31.2 Å². The molecular weight excluding hydrogens is 268 g/mol. The summed E-state index contributed by atoms with van der Waals surface area (Å²) in [4.78, 5) is 26.4. The lowest BCUT2D eigenvalue weighted by molar-refractivity contribution is -0.116. The molecule has 5 heteroatoms. The van der Waals surface area contributed by atoms with E-state index in [-0.39, 0.29) is 11.5 Å². The third-order valence-corrected chi connectivity index (χ3v) is 3.00. The number of anilines is 1. The van der Waals surface area contributed by atoms with E-state index < -0.39 is 5.97 Å². The molecule has 2 aromatic rings. The summed E-state index contributed by atoms with van der Waals surface area (Å²) in [6, 6.07) is 10.9. The van der Waals surface area contributed by atoms with Crippen molar-refractivity contribution in [1.82, 2.24) is 4.98 Å². The maximum Gasteiger partial charge on any atom is 0.337 e. The minimum Gasteiger partial charge on any atom is -0.478 e. The standard InChI is InChI=1S/C16H16N2O3/c1-11-3-2-4-12(9-11)5-8-15(19)18-14-7-6-13(10-17-14)16(20)21/h2-4,6-7,9-10H,5,8H2,1H3,(H,20,21)(H,17,18,19). The van der Waals surface area contributed by atoms with Gasteiger partial charge in [-0.05, 0) is 31.0 Å². The summed E-state index contributed by atoms with van der Waals surface area (Å²) in [5, 5.41) is 11.4. The minimum absolute atomic E-state index is 0.0905. The van der Waals surface area contributed by atoms with Crippen LogP contribution in [0, 0.1) is 6.92 Å². The van der Waals surface area contributed by atoms with E-state index in [4.69, 9.17) is 5.11 Å². The van der Waals surface area contributed by atoms with Gasteiger partial charge in [-0.25, -0.2) is 9.78 Å². The topological polar surface area (TPSA) is 79.3 Å². The van der Waals surface area contributed by atoms with Crippen molar-refractivity contribution in [3.8, 4) is 0 Å². The first-order chi connectivity index (χ1) is 10.0. The number of carbonyl (C=O) groups excluding carboxylic acids is 1. The Kier molecular flexibility index (Phi) is 4.66. The molecule has 1 heterocycles. The van der Waals surface area contributed by atoms with Gasteiger partial charge in [-0.15, -0.1) is 0 Å². The molecule has 2 N–H and O–H groups in total. The molecule has 2 rings (SSSR count). The van der Waals surface area contributed by atoms with Crippen LogP contribution in [0.1, 0.15) is 27.9 Å². The van der Waals surface area contributed by atoms with Gasteiger partial charge in [0.2, 0.25) is 5.91 Å². The van der Waals surface area contributed by atoms with Crippen molar-refractivity contribution in [3.05, 3.63) is 59.3 Å². The quantitative estimate of drug-likeness (QED) is 0.884. The second kappa shape index (κ2) is 6.65. The Morgan fingerprint density at radius 3 is 2.67 bits per heavy atom. The van der Waals surface area contributed by atoms with Crippen molar-refractivity contribution in [2.24, 2.45) is 0 Å². The first kappa shape index (κ1) is 14.7. The van der Waals surface area contributed by atoms with E-state index in [1.54, 1.807) is 0 Å². The van der Waals surface area contributed by atoms with Crippen LogP contribution in [0.3, 0.4) is 0 Å². The zero-order chi connectivity index (χ0) is 15.2. The Balaban J connectivity index is 1.88. The zero-order valence-electron chi connectivity index (χ0n) is 11.7. The van der Waals surface area contributed by atoms with E-state index >= 15 is 0 Å². The molecule has 0 bridgehead atoms. The average molecular weight is 284 g/mol. The molecular formula is C16H16N2O3. The highest BCUT2D eigenvalue weighted by Gasteiger charge is 2.06. The van der Waals surface area contributed by atoms with Crippen LogP contribution in [0.4, 0.5) is 5.82 Å². The van der Waals surface area contributed by atoms with Crippen LogP contribution in [0.2, 0.25) is 0 Å². The van der Waals surface area contributed by atoms with Gasteiger partial charge < -0.3 is 10.4 Å². The number of amides is 1. The molecule has 5 nitrogen and oxygen atoms in total. The second-order valence-corrected chi connectivity index (χ2v) is 4.77. The van der Waals surface area contributed by atoms with Gasteiger partial charge in [0.25, 0.3) is 0 Å². The predicted molar refractivity (Wildman–Crippen MR) is 79.3 cm³/mol. The smallest absolute Gasteiger partial charge is 0.337 e. The van der Waals surface area contributed by atoms with E-state index in [0.29, 0.717) is 18.7 Å². The number of hydrogen-bond acceptors (Lipinski definition) is 3. The number of carbonyl (C=O) groups is 2. The molecule has 1 aromatic heterocycles. The van der Waals surface area contributed by atoms with Gasteiger partial charge in [0, 0.05) is 12.6 Å². The molecule has 0 spiro atoms. The molecule has 1 aromatic carbocycles. The van der Waals surface area contributed by atoms with Gasteiger partial charge in [0.1, 0.15) is 5.82 Å². The van der Waals surface area contributed by atoms with Crippen LogP contribution in [-0.4, -0.2) is 22.0 Å². The van der Waals surface area contributed by atoms with Crippen LogP contribution in [0.5, 0.6) is 0 Å². The van der Waals surface area contributed by atoms with Crippen LogP contribution in [-0.2, 0) is 11.2 Å². The number of aromatic carboxylic acids is 1. The summed E-state index contributed by atoms with van der Waals surface area (Å²) in [7, 11) is 0. The lowest BCUT2D eigenvalue weighted by atomic mass is 10.1. The Bertz CT molecular complexity index is 651. The highest BCUT2D eigenvalue weighted by atomic mass is 16.4. The number of rotatable bonds is 5. The number of pyridine rings is 1. The molecule has 0 saturated carbocycles. The molecule has 0 aliphatic heterocycles. The number of hydrogen-bond donors (Lipinski definition) is 2. The Morgan fingerprint density at radius 2 is 2.05 bits per heavy atom. The monoisotopic (exact) mass is 284 g/mol. The van der Waals surface area contributed by atoms with E-state index in [0.717, 1.165) is 5.56 Å². The first-order valence-corrected chi connectivity index (χ1v) is 6.59. The normalized spacial score (nSPS) is 10.1. The zero-order valence-corrected chi connectivity index (χ0v) is 11.7. The number of nitrogens with one attached hydrogen (secondary N) is 1. The van der Waals surface area contributed by atoms with Crippen LogP contribution < -0.4 is 5.32 Å². The molecule has 0 atom stereocenters. The second-order valence-electron chi connectivity index (χ2n) is 4.77. The molecule has 0 aliphatic carbocycles. The summed E-state index contributed by atoms with van der Waals surface area (Å²) in [5.41, 5.74) is 2.37. The first-order valence-electron chi connectivity index (χ1n) is 6.59. The van der Waals surface area contributed by atoms with E-state index in [9.17, 15) is 9.59 Å². The maximum absolute atomic E-state index is 11.8. The van der Waals surface area contributed by atoms with Gasteiger partial charge in [-0.1, -0.05) is 29.8 Å². The van der Waals surface area contributed by atoms with Crippen molar-refractivity contribution >= 4 is 17.7 Å². The van der Waals surface area contributed by atoms with Crippen molar-refractivity contribution < 1.29 is 14.7 Å². The van der Waals surface area contributed by atoms with E-state index in [1.165, 1.54) is 23.9 Å². The third kappa shape index (κ3) is 4.42. The molecule has 0 fully saturated rings. The molecule has 21 heavy (non-hydrogen) atoms. The Hall–Kier alpha value is -2.69. The number of nitrogens with zero attached hydrogens (tertiary/aromatic N) is 1. The highest BCUT2D eigenvalue weighted by Crippen LogP contribution is 2.09. The SMILES string of the molecule is Cc1cccc(CCC(=O)Nc2ccc(C(=O)O)cn2)c1. The largest absolute Gasteiger partial charge is 0.478 e. The molecule has 0 unspecified atom stereocenters. The van der Waals surface area contributed by atoms with Gasteiger partial charge in [0.05, 0.1) is 5.56 Å². The number of aryl methyl sites for hydroxylation is 2. The van der Waals surface area contributed by atoms with Gasteiger partial charge in [-0.2, -0.15) is 0 Å². The number of carboxylic acid groups (broad SMARTS) is 1. The summed E-state index contributed by atoms with van der Waals surface area (Å²) >= 11 is 0. The molecule has 0 saturated heterocycles. The molecule has 0 aliphatic rings. The van der Waals surface area contributed by atoms with E-state index in [2.05, 4.69) is 10.3 Å². The van der Waals surface area contributed by atoms with Crippen molar-refractivity contribution in [1.29, 1.82) is 0 Å². The van der Waals surface area contributed by atoms with Gasteiger partial charge >= 0.3 is 5.97 Å². The van der Waals surface area contributed by atoms with Crippen LogP contribution in [0.15, 0.2) is 42.6 Å². The lowest BCUT2D eigenvalue weighted by Crippen LogP contribution is -2.13. The van der Waals surface area contributed by atoms with Crippen LogP contribution in [0.25, 0.3) is 0 Å². The van der Waals surface area contributed by atoms with Crippen molar-refractivity contribution in [3.63, 3.8) is 0 Å². The number of aromatic nitrogens is 1. The van der Waals surface area contributed by atoms with Crippen molar-refractivity contribution in [2.75, 3.05) is 5.32 Å². The maximum atomic E-state index is 11.8. The van der Waals surface area contributed by atoms with Crippen molar-refractivity contribution in [2.45, 2.75) is 19.8 Å². The number of carboxylic acids is 1. The molecule has 108 valence electrons. The fraction of sp³-hybridized carbons (Fsp3) is 0.188. The fourth-order valence-corrected chi connectivity index (χ4v) is 1.93. The molecule has 1 amide bonds. The fourth-order valence-electron chi connectivity index (χ4n) is 1.93. The Labute approximate surface area is 122 Å². The minimum atomic E-state index is -1.04. The predicted octanol–water partition coefficient (Wildman–Crippen LogP) is 2.66. The molecule has 0 radical (unpaired) electrons. The van der Waals surface area contributed by atoms with Crippen LogP contribution >= 0.6 is 0 Å². The van der Waals surface area contributed by atoms with Gasteiger partial charge in [0.15, 0.2) is 0 Å². The third-order valence-electron chi connectivity index (χ3n) is 3.00.